The highest BCUT2D eigenvalue weighted by Crippen LogP contribution is 2.18. The molecule has 19 heavy (non-hydrogen) atoms. The van der Waals surface area contributed by atoms with Gasteiger partial charge in [-0.15, -0.1) is 0 Å². The largest absolute Gasteiger partial charge is 0.396 e. The minimum Gasteiger partial charge on any atom is -0.396 e. The number of nitrogens with one attached hydrogen (secondary N) is 2. The van der Waals surface area contributed by atoms with Gasteiger partial charge in [0, 0.05) is 24.8 Å². The summed E-state index contributed by atoms with van der Waals surface area (Å²) in [6, 6.07) is 10.2. The van der Waals surface area contributed by atoms with Crippen LogP contribution in [0.25, 0.3) is 11.3 Å². The number of aliphatic hydroxyl groups is 1. The number of aliphatic hydroxyl groups excluding tert-OH is 1. The maximum absolute atomic E-state index is 9.12. The second-order valence-corrected chi connectivity index (χ2v) is 4.81. The Balaban J connectivity index is 2.05. The predicted molar refractivity (Wildman–Crippen MR) is 74.4 cm³/mol. The fourth-order valence-corrected chi connectivity index (χ4v) is 1.82. The number of nitrogens with zero attached hydrogens (tertiary/aromatic N) is 2. The number of rotatable bonds is 6. The van der Waals surface area contributed by atoms with E-state index in [1.807, 2.05) is 37.3 Å². The molecule has 0 amide bonds. The zero-order chi connectivity index (χ0) is 13.7. The van der Waals surface area contributed by atoms with Crippen LogP contribution in [0.4, 0.5) is 0 Å². The van der Waals surface area contributed by atoms with Crippen LogP contribution in [-0.4, -0.2) is 33.2 Å². The van der Waals surface area contributed by atoms with Gasteiger partial charge in [-0.1, -0.05) is 37.3 Å². The van der Waals surface area contributed by atoms with Crippen LogP contribution in [-0.2, 0) is 6.54 Å². The second-order valence-electron chi connectivity index (χ2n) is 4.81. The molecular formula is C14H20N4O. The SMILES string of the molecule is CC(CO)C(C)NCc1n[nH]nc1-c1ccccc1. The van der Waals surface area contributed by atoms with Gasteiger partial charge in [0.15, 0.2) is 0 Å². The Morgan fingerprint density at radius 1 is 1.21 bits per heavy atom. The monoisotopic (exact) mass is 260 g/mol. The summed E-state index contributed by atoms with van der Waals surface area (Å²) in [5, 5.41) is 23.6. The fourth-order valence-electron chi connectivity index (χ4n) is 1.82. The first-order valence-corrected chi connectivity index (χ1v) is 6.51. The van der Waals surface area contributed by atoms with Crippen molar-refractivity contribution in [3.63, 3.8) is 0 Å². The summed E-state index contributed by atoms with van der Waals surface area (Å²) in [6.07, 6.45) is 0. The van der Waals surface area contributed by atoms with Crippen molar-refractivity contribution in [2.45, 2.75) is 26.4 Å². The Kier molecular flexibility index (Phi) is 4.65. The number of hydrogen-bond acceptors (Lipinski definition) is 4. The average molecular weight is 260 g/mol. The number of aromatic amines is 1. The number of H-pyrrole nitrogens is 1. The molecule has 1 aromatic heterocycles. The van der Waals surface area contributed by atoms with Crippen LogP contribution >= 0.6 is 0 Å². The molecule has 0 fully saturated rings. The molecule has 2 rings (SSSR count). The molecule has 5 heteroatoms. The lowest BCUT2D eigenvalue weighted by atomic mass is 10.0. The summed E-state index contributed by atoms with van der Waals surface area (Å²) in [6.45, 7) is 4.88. The molecule has 0 saturated carbocycles. The van der Waals surface area contributed by atoms with Gasteiger partial charge < -0.3 is 10.4 Å². The smallest absolute Gasteiger partial charge is 0.117 e. The van der Waals surface area contributed by atoms with Gasteiger partial charge >= 0.3 is 0 Å². The van der Waals surface area contributed by atoms with Crippen molar-refractivity contribution in [2.24, 2.45) is 5.92 Å². The van der Waals surface area contributed by atoms with Gasteiger partial charge in [-0.3, -0.25) is 0 Å². The van der Waals surface area contributed by atoms with Crippen LogP contribution in [0.1, 0.15) is 19.5 Å². The zero-order valence-corrected chi connectivity index (χ0v) is 11.3. The Morgan fingerprint density at radius 2 is 1.95 bits per heavy atom. The Bertz CT molecular complexity index is 497. The van der Waals surface area contributed by atoms with E-state index >= 15 is 0 Å². The van der Waals surface area contributed by atoms with Gasteiger partial charge in [-0.05, 0) is 12.8 Å². The average Bonchev–Trinajstić information content (AvgIpc) is 2.93. The molecule has 2 unspecified atom stereocenters. The topological polar surface area (TPSA) is 73.8 Å². The molecule has 3 N–H and O–H groups in total. The standard InChI is InChI=1S/C14H20N4O/c1-10(9-19)11(2)15-8-13-14(17-18-16-13)12-6-4-3-5-7-12/h3-7,10-11,15,19H,8-9H2,1-2H3,(H,16,17,18). The molecule has 0 aliphatic carbocycles. The Labute approximate surface area is 113 Å². The minimum absolute atomic E-state index is 0.179. The van der Waals surface area contributed by atoms with E-state index in [4.69, 9.17) is 5.11 Å². The van der Waals surface area contributed by atoms with Crippen LogP contribution < -0.4 is 5.32 Å². The van der Waals surface area contributed by atoms with Crippen LogP contribution in [0.15, 0.2) is 30.3 Å². The van der Waals surface area contributed by atoms with Crippen LogP contribution in [0.3, 0.4) is 0 Å². The van der Waals surface area contributed by atoms with Crippen LogP contribution in [0, 0.1) is 5.92 Å². The maximum atomic E-state index is 9.12. The van der Waals surface area contributed by atoms with E-state index in [-0.39, 0.29) is 18.6 Å². The molecule has 2 aromatic rings. The van der Waals surface area contributed by atoms with Crippen molar-refractivity contribution in [1.82, 2.24) is 20.7 Å². The lowest BCUT2D eigenvalue weighted by Crippen LogP contribution is -2.33. The summed E-state index contributed by atoms with van der Waals surface area (Å²) in [7, 11) is 0. The summed E-state index contributed by atoms with van der Waals surface area (Å²) in [5.74, 6) is 0.215. The Hall–Kier alpha value is -1.72. The first kappa shape index (κ1) is 13.7. The van der Waals surface area contributed by atoms with E-state index < -0.39 is 0 Å². The molecular weight excluding hydrogens is 240 g/mol. The highest BCUT2D eigenvalue weighted by molar-refractivity contribution is 5.60. The third-order valence-electron chi connectivity index (χ3n) is 3.40. The van der Waals surface area contributed by atoms with Gasteiger partial charge in [-0.25, -0.2) is 0 Å². The quantitative estimate of drug-likeness (QED) is 0.737. The van der Waals surface area contributed by atoms with Crippen molar-refractivity contribution in [2.75, 3.05) is 6.61 Å². The highest BCUT2D eigenvalue weighted by atomic mass is 16.3. The van der Waals surface area contributed by atoms with Gasteiger partial charge in [0.2, 0.25) is 0 Å². The summed E-state index contributed by atoms with van der Waals surface area (Å²) < 4.78 is 0. The van der Waals surface area contributed by atoms with Crippen molar-refractivity contribution >= 4 is 0 Å². The van der Waals surface area contributed by atoms with E-state index in [0.29, 0.717) is 6.54 Å². The fraction of sp³-hybridized carbons (Fsp3) is 0.429. The van der Waals surface area contributed by atoms with E-state index in [2.05, 4.69) is 27.7 Å². The number of aromatic nitrogens is 3. The van der Waals surface area contributed by atoms with Crippen molar-refractivity contribution in [3.05, 3.63) is 36.0 Å². The molecule has 0 bridgehead atoms. The van der Waals surface area contributed by atoms with Gasteiger partial charge in [0.05, 0.1) is 0 Å². The van der Waals surface area contributed by atoms with Crippen molar-refractivity contribution < 1.29 is 5.11 Å². The van der Waals surface area contributed by atoms with Crippen molar-refractivity contribution in [3.8, 4) is 11.3 Å². The zero-order valence-electron chi connectivity index (χ0n) is 11.3. The van der Waals surface area contributed by atoms with E-state index in [1.165, 1.54) is 0 Å². The molecule has 0 spiro atoms. The first-order chi connectivity index (χ1) is 9.22. The first-order valence-electron chi connectivity index (χ1n) is 6.51. The lowest BCUT2D eigenvalue weighted by molar-refractivity contribution is 0.207. The molecule has 2 atom stereocenters. The maximum Gasteiger partial charge on any atom is 0.117 e. The number of benzene rings is 1. The summed E-state index contributed by atoms with van der Waals surface area (Å²) in [5.41, 5.74) is 2.82. The number of hydrogen-bond donors (Lipinski definition) is 3. The molecule has 5 nitrogen and oxygen atoms in total. The normalized spacial score (nSPS) is 14.3. The van der Waals surface area contributed by atoms with Gasteiger partial charge in [-0.2, -0.15) is 15.4 Å². The molecule has 1 aromatic carbocycles. The van der Waals surface area contributed by atoms with Gasteiger partial charge in [0.1, 0.15) is 11.4 Å². The molecule has 0 saturated heterocycles. The van der Waals surface area contributed by atoms with Crippen molar-refractivity contribution in [1.29, 1.82) is 0 Å². The summed E-state index contributed by atoms with van der Waals surface area (Å²) in [4.78, 5) is 0. The molecule has 102 valence electrons. The van der Waals surface area contributed by atoms with E-state index in [0.717, 1.165) is 17.0 Å². The van der Waals surface area contributed by atoms with Crippen LogP contribution in [0.5, 0.6) is 0 Å². The van der Waals surface area contributed by atoms with E-state index in [9.17, 15) is 0 Å². The molecule has 0 radical (unpaired) electrons. The Morgan fingerprint density at radius 3 is 2.63 bits per heavy atom. The van der Waals surface area contributed by atoms with Crippen LogP contribution in [0.2, 0.25) is 0 Å². The minimum atomic E-state index is 0.179. The predicted octanol–water partition coefficient (Wildman–Crippen LogP) is 1.58. The lowest BCUT2D eigenvalue weighted by Gasteiger charge is -2.18. The van der Waals surface area contributed by atoms with E-state index in [1.54, 1.807) is 0 Å². The molecule has 0 aliphatic heterocycles. The summed E-state index contributed by atoms with van der Waals surface area (Å²) >= 11 is 0. The third-order valence-corrected chi connectivity index (χ3v) is 3.40. The highest BCUT2D eigenvalue weighted by Gasteiger charge is 2.14. The van der Waals surface area contributed by atoms with Gasteiger partial charge in [0.25, 0.3) is 0 Å². The molecule has 1 heterocycles. The second kappa shape index (κ2) is 6.45. The third kappa shape index (κ3) is 3.39. The molecule has 0 aliphatic rings.